The molecule has 2 heterocycles. The lowest BCUT2D eigenvalue weighted by molar-refractivity contribution is 0.312. The van der Waals surface area contributed by atoms with Gasteiger partial charge in [0.25, 0.3) is 5.56 Å². The van der Waals surface area contributed by atoms with E-state index in [0.717, 1.165) is 35.8 Å². The smallest absolute Gasteiger partial charge is 0.251 e. The van der Waals surface area contributed by atoms with Crippen molar-refractivity contribution in [3.63, 3.8) is 0 Å². The van der Waals surface area contributed by atoms with Crippen molar-refractivity contribution in [2.45, 2.75) is 44.9 Å². The largest absolute Gasteiger partial charge is 0.310 e. The molecule has 1 saturated carbocycles. The number of nitrogens with one attached hydrogen (secondary N) is 1. The summed E-state index contributed by atoms with van der Waals surface area (Å²) in [6.07, 6.45) is 9.62. The highest BCUT2D eigenvalue weighted by atomic mass is 16.1. The SMILES string of the molecule is CCC1CCC(c2nc(-c3cnn(C)c3)cc(=O)[nH]2)CC1. The van der Waals surface area contributed by atoms with Crippen molar-refractivity contribution in [1.82, 2.24) is 19.7 Å². The molecule has 0 radical (unpaired) electrons. The number of hydrogen-bond acceptors (Lipinski definition) is 3. The van der Waals surface area contributed by atoms with E-state index < -0.39 is 0 Å². The normalized spacial score (nSPS) is 22.4. The lowest BCUT2D eigenvalue weighted by atomic mass is 9.80. The molecule has 1 N–H and O–H groups in total. The number of aryl methyl sites for hydroxylation is 1. The Morgan fingerprint density at radius 3 is 2.71 bits per heavy atom. The molecule has 0 saturated heterocycles. The molecule has 0 atom stereocenters. The standard InChI is InChI=1S/C16H22N4O/c1-3-11-4-6-12(7-5-11)16-18-14(8-15(21)19-16)13-9-17-20(2)10-13/h8-12H,3-7H2,1-2H3,(H,18,19,21). The van der Waals surface area contributed by atoms with Gasteiger partial charge in [-0.2, -0.15) is 5.10 Å². The summed E-state index contributed by atoms with van der Waals surface area (Å²) in [5.41, 5.74) is 1.54. The van der Waals surface area contributed by atoms with Gasteiger partial charge < -0.3 is 4.98 Å². The van der Waals surface area contributed by atoms with Crippen LogP contribution in [0.5, 0.6) is 0 Å². The van der Waals surface area contributed by atoms with E-state index in [1.54, 1.807) is 16.9 Å². The quantitative estimate of drug-likeness (QED) is 0.943. The van der Waals surface area contributed by atoms with Gasteiger partial charge in [-0.25, -0.2) is 4.98 Å². The Bertz CT molecular complexity index is 665. The summed E-state index contributed by atoms with van der Waals surface area (Å²) >= 11 is 0. The van der Waals surface area contributed by atoms with Crippen LogP contribution in [-0.2, 0) is 7.05 Å². The van der Waals surface area contributed by atoms with Crippen molar-refractivity contribution in [1.29, 1.82) is 0 Å². The highest BCUT2D eigenvalue weighted by Gasteiger charge is 2.23. The number of nitrogens with zero attached hydrogens (tertiary/aromatic N) is 3. The third-order valence-electron chi connectivity index (χ3n) is 4.57. The summed E-state index contributed by atoms with van der Waals surface area (Å²) in [4.78, 5) is 19.5. The van der Waals surface area contributed by atoms with E-state index in [-0.39, 0.29) is 5.56 Å². The molecule has 1 fully saturated rings. The molecule has 0 bridgehead atoms. The van der Waals surface area contributed by atoms with Crippen LogP contribution in [0.2, 0.25) is 0 Å². The molecule has 0 aliphatic heterocycles. The summed E-state index contributed by atoms with van der Waals surface area (Å²) in [6, 6.07) is 1.55. The molecule has 3 rings (SSSR count). The van der Waals surface area contributed by atoms with Crippen LogP contribution in [0.25, 0.3) is 11.3 Å². The van der Waals surface area contributed by atoms with Gasteiger partial charge >= 0.3 is 0 Å². The van der Waals surface area contributed by atoms with Crippen molar-refractivity contribution in [2.24, 2.45) is 13.0 Å². The Balaban J connectivity index is 1.86. The second-order valence-corrected chi connectivity index (χ2v) is 6.04. The summed E-state index contributed by atoms with van der Waals surface area (Å²) in [5, 5.41) is 4.15. The van der Waals surface area contributed by atoms with Crippen molar-refractivity contribution >= 4 is 0 Å². The van der Waals surface area contributed by atoms with Crippen molar-refractivity contribution < 1.29 is 0 Å². The van der Waals surface area contributed by atoms with Crippen LogP contribution in [0, 0.1) is 5.92 Å². The van der Waals surface area contributed by atoms with E-state index >= 15 is 0 Å². The molecule has 0 aromatic carbocycles. The second-order valence-electron chi connectivity index (χ2n) is 6.04. The Morgan fingerprint density at radius 1 is 1.33 bits per heavy atom. The first-order chi connectivity index (χ1) is 10.2. The van der Waals surface area contributed by atoms with Crippen LogP contribution in [0.15, 0.2) is 23.3 Å². The highest BCUT2D eigenvalue weighted by Crippen LogP contribution is 2.35. The lowest BCUT2D eigenvalue weighted by Crippen LogP contribution is -2.19. The number of hydrogen-bond donors (Lipinski definition) is 1. The average molecular weight is 286 g/mol. The van der Waals surface area contributed by atoms with Crippen molar-refractivity contribution in [2.75, 3.05) is 0 Å². The van der Waals surface area contributed by atoms with Crippen LogP contribution in [-0.4, -0.2) is 19.7 Å². The average Bonchev–Trinajstić information content (AvgIpc) is 2.93. The zero-order valence-electron chi connectivity index (χ0n) is 12.7. The zero-order valence-corrected chi connectivity index (χ0v) is 12.7. The first-order valence-electron chi connectivity index (χ1n) is 7.76. The molecule has 0 amide bonds. The summed E-state index contributed by atoms with van der Waals surface area (Å²) in [6.45, 7) is 2.26. The molecule has 21 heavy (non-hydrogen) atoms. The van der Waals surface area contributed by atoms with E-state index in [1.807, 2.05) is 13.2 Å². The Labute approximate surface area is 124 Å². The van der Waals surface area contributed by atoms with Crippen LogP contribution in [0.1, 0.15) is 50.8 Å². The van der Waals surface area contributed by atoms with Gasteiger partial charge in [-0.15, -0.1) is 0 Å². The van der Waals surface area contributed by atoms with Gasteiger partial charge in [0.2, 0.25) is 0 Å². The molecule has 1 aliphatic carbocycles. The molecule has 0 unspecified atom stereocenters. The number of aromatic nitrogens is 4. The molecule has 0 spiro atoms. The van der Waals surface area contributed by atoms with Gasteiger partial charge in [-0.1, -0.05) is 13.3 Å². The maximum absolute atomic E-state index is 11.9. The molecular weight excluding hydrogens is 264 g/mol. The van der Waals surface area contributed by atoms with Gasteiger partial charge in [-0.3, -0.25) is 9.48 Å². The Hall–Kier alpha value is -1.91. The Morgan fingerprint density at radius 2 is 2.10 bits per heavy atom. The molecular formula is C16H22N4O. The van der Waals surface area contributed by atoms with E-state index in [4.69, 9.17) is 0 Å². The summed E-state index contributed by atoms with van der Waals surface area (Å²) in [7, 11) is 1.86. The molecule has 1 aliphatic rings. The molecule has 112 valence electrons. The minimum absolute atomic E-state index is 0.0727. The summed E-state index contributed by atoms with van der Waals surface area (Å²) < 4.78 is 1.73. The fourth-order valence-corrected chi connectivity index (χ4v) is 3.22. The highest BCUT2D eigenvalue weighted by molar-refractivity contribution is 5.56. The Kier molecular flexibility index (Phi) is 3.90. The topological polar surface area (TPSA) is 63.6 Å². The maximum atomic E-state index is 11.9. The van der Waals surface area contributed by atoms with E-state index in [2.05, 4.69) is 22.0 Å². The predicted octanol–water partition coefficient (Wildman–Crippen LogP) is 2.85. The van der Waals surface area contributed by atoms with Crippen LogP contribution < -0.4 is 5.56 Å². The fourth-order valence-electron chi connectivity index (χ4n) is 3.22. The van der Waals surface area contributed by atoms with Gasteiger partial charge in [-0.05, 0) is 31.6 Å². The second kappa shape index (κ2) is 5.84. The van der Waals surface area contributed by atoms with Crippen molar-refractivity contribution in [3.8, 4) is 11.3 Å². The van der Waals surface area contributed by atoms with Crippen LogP contribution >= 0.6 is 0 Å². The number of rotatable bonds is 3. The van der Waals surface area contributed by atoms with Crippen LogP contribution in [0.4, 0.5) is 0 Å². The first-order valence-corrected chi connectivity index (χ1v) is 7.76. The lowest BCUT2D eigenvalue weighted by Gasteiger charge is -2.27. The van der Waals surface area contributed by atoms with Crippen molar-refractivity contribution in [3.05, 3.63) is 34.6 Å². The molecule has 5 heteroatoms. The molecule has 5 nitrogen and oxygen atoms in total. The number of aromatic amines is 1. The minimum atomic E-state index is -0.0727. The van der Waals surface area contributed by atoms with E-state index in [9.17, 15) is 4.79 Å². The first kappa shape index (κ1) is 14.0. The van der Waals surface area contributed by atoms with Gasteiger partial charge in [0.05, 0.1) is 11.9 Å². The monoisotopic (exact) mass is 286 g/mol. The molecule has 2 aromatic heterocycles. The van der Waals surface area contributed by atoms with Gasteiger partial charge in [0.1, 0.15) is 5.82 Å². The van der Waals surface area contributed by atoms with Gasteiger partial charge in [0.15, 0.2) is 0 Å². The third-order valence-corrected chi connectivity index (χ3v) is 4.57. The maximum Gasteiger partial charge on any atom is 0.251 e. The summed E-state index contributed by atoms with van der Waals surface area (Å²) in [5.74, 6) is 2.07. The predicted molar refractivity (Wildman–Crippen MR) is 82.0 cm³/mol. The fraction of sp³-hybridized carbons (Fsp3) is 0.562. The van der Waals surface area contributed by atoms with Gasteiger partial charge in [0, 0.05) is 30.8 Å². The minimum Gasteiger partial charge on any atom is -0.310 e. The van der Waals surface area contributed by atoms with E-state index in [0.29, 0.717) is 5.92 Å². The number of H-pyrrole nitrogens is 1. The molecule has 2 aromatic rings. The van der Waals surface area contributed by atoms with E-state index in [1.165, 1.54) is 19.3 Å². The third kappa shape index (κ3) is 3.06. The van der Waals surface area contributed by atoms with Crippen LogP contribution in [0.3, 0.4) is 0 Å². The zero-order chi connectivity index (χ0) is 14.8.